The maximum atomic E-state index is 13.0. The van der Waals surface area contributed by atoms with Crippen molar-refractivity contribution >= 4 is 23.0 Å². The number of unbranched alkanes of at least 4 members (excludes halogenated alkanes) is 2. The van der Waals surface area contributed by atoms with Gasteiger partial charge in [0.2, 0.25) is 0 Å². The highest BCUT2D eigenvalue weighted by Gasteiger charge is 2.22. The van der Waals surface area contributed by atoms with Gasteiger partial charge in [0, 0.05) is 23.1 Å². The largest absolute Gasteiger partial charge is 0.508 e. The number of ketones is 1. The minimum absolute atomic E-state index is 0.00337. The monoisotopic (exact) mass is 413 g/mol. The highest BCUT2D eigenvalue weighted by atomic mass is 32.1. The lowest BCUT2D eigenvalue weighted by Crippen LogP contribution is -2.29. The highest BCUT2D eigenvalue weighted by Crippen LogP contribution is 2.31. The number of rotatable bonds is 10. The number of Topliss-reactive ketones (excluding diaryl/α,β-unsaturated/α-hetero) is 1. The van der Waals surface area contributed by atoms with Crippen LogP contribution in [0.15, 0.2) is 29.6 Å². The number of amides is 1. The molecule has 1 amide bonds. The number of hydrogen-bond acceptors (Lipinski definition) is 4. The number of carbonyl (C=O) groups is 2. The number of benzene rings is 1. The number of carbonyl (C=O) groups excluding carboxylic acids is 2. The molecule has 2 N–H and O–H groups in total. The van der Waals surface area contributed by atoms with Gasteiger partial charge in [0.25, 0.3) is 5.91 Å². The van der Waals surface area contributed by atoms with Gasteiger partial charge in [-0.25, -0.2) is 0 Å². The Hall–Kier alpha value is -2.14. The molecule has 0 spiro atoms. The second-order valence-corrected chi connectivity index (χ2v) is 8.83. The molecular weight excluding hydrogens is 382 g/mol. The molecule has 0 saturated heterocycles. The van der Waals surface area contributed by atoms with Crippen molar-refractivity contribution in [2.24, 2.45) is 0 Å². The molecule has 29 heavy (non-hydrogen) atoms. The van der Waals surface area contributed by atoms with Gasteiger partial charge in [-0.15, -0.1) is 11.3 Å². The van der Waals surface area contributed by atoms with E-state index in [-0.39, 0.29) is 17.7 Å². The minimum atomic E-state index is -0.0934. The van der Waals surface area contributed by atoms with E-state index in [4.69, 9.17) is 0 Å². The quantitative estimate of drug-likeness (QED) is 0.489. The number of aromatic hydroxyl groups is 1. The molecule has 0 unspecified atom stereocenters. The van der Waals surface area contributed by atoms with E-state index in [1.807, 2.05) is 24.4 Å². The first-order valence-corrected chi connectivity index (χ1v) is 11.7. The summed E-state index contributed by atoms with van der Waals surface area (Å²) in [5, 5.41) is 14.9. The summed E-state index contributed by atoms with van der Waals surface area (Å²) in [6.45, 7) is 1.90. The number of nitrogens with one attached hydrogen (secondary N) is 1. The van der Waals surface area contributed by atoms with E-state index >= 15 is 0 Å². The predicted molar refractivity (Wildman–Crippen MR) is 118 cm³/mol. The maximum Gasteiger partial charge on any atom is 0.252 e. The number of phenols is 1. The van der Waals surface area contributed by atoms with Crippen LogP contribution >= 0.6 is 11.3 Å². The Morgan fingerprint density at radius 2 is 1.86 bits per heavy atom. The standard InChI is InChI=1S/C24H31NO3S/c1-2-18(26)8-4-3-5-10-22(17-12-14-19(27)15-13-17)25-24(28)21-16-29-23-11-7-6-9-20(21)23/h12-16,22,27H,2-11H2,1H3,(H,25,28)/t22-/m0/s1. The molecule has 2 aromatic rings. The van der Waals surface area contributed by atoms with Crippen LogP contribution in [-0.4, -0.2) is 16.8 Å². The molecule has 4 nitrogen and oxygen atoms in total. The summed E-state index contributed by atoms with van der Waals surface area (Å²) in [6, 6.07) is 7.00. The number of thiophene rings is 1. The summed E-state index contributed by atoms with van der Waals surface area (Å²) in [7, 11) is 0. The van der Waals surface area contributed by atoms with Crippen LogP contribution in [0.1, 0.15) is 90.7 Å². The molecule has 0 saturated carbocycles. The maximum absolute atomic E-state index is 13.0. The smallest absolute Gasteiger partial charge is 0.252 e. The fourth-order valence-electron chi connectivity index (χ4n) is 3.97. The first kappa shape index (κ1) is 21.6. The van der Waals surface area contributed by atoms with Crippen LogP contribution in [0.2, 0.25) is 0 Å². The number of aryl methyl sites for hydroxylation is 1. The molecule has 1 atom stereocenters. The minimum Gasteiger partial charge on any atom is -0.508 e. The average molecular weight is 414 g/mol. The van der Waals surface area contributed by atoms with E-state index < -0.39 is 0 Å². The van der Waals surface area contributed by atoms with Crippen molar-refractivity contribution in [3.8, 4) is 5.75 Å². The van der Waals surface area contributed by atoms with Gasteiger partial charge in [-0.05, 0) is 61.8 Å². The first-order chi connectivity index (χ1) is 14.1. The summed E-state index contributed by atoms with van der Waals surface area (Å²) in [4.78, 5) is 25.9. The summed E-state index contributed by atoms with van der Waals surface area (Å²) in [6.07, 6.45) is 9.36. The van der Waals surface area contributed by atoms with Gasteiger partial charge in [-0.1, -0.05) is 31.9 Å². The summed E-state index contributed by atoms with van der Waals surface area (Å²) in [5.74, 6) is 0.545. The fraction of sp³-hybridized carbons (Fsp3) is 0.500. The van der Waals surface area contributed by atoms with Gasteiger partial charge < -0.3 is 10.4 Å². The van der Waals surface area contributed by atoms with Crippen LogP contribution in [0.4, 0.5) is 0 Å². The van der Waals surface area contributed by atoms with Gasteiger partial charge in [0.05, 0.1) is 11.6 Å². The van der Waals surface area contributed by atoms with Gasteiger partial charge in [0.15, 0.2) is 0 Å². The summed E-state index contributed by atoms with van der Waals surface area (Å²) < 4.78 is 0. The number of phenolic OH excluding ortho intramolecular Hbond substituents is 1. The van der Waals surface area contributed by atoms with Crippen molar-refractivity contribution in [1.82, 2.24) is 5.32 Å². The summed E-state index contributed by atoms with van der Waals surface area (Å²) >= 11 is 1.71. The molecule has 156 valence electrons. The fourth-order valence-corrected chi connectivity index (χ4v) is 5.10. The lowest BCUT2D eigenvalue weighted by atomic mass is 9.95. The Morgan fingerprint density at radius 1 is 1.10 bits per heavy atom. The van der Waals surface area contributed by atoms with Crippen molar-refractivity contribution in [1.29, 1.82) is 0 Å². The highest BCUT2D eigenvalue weighted by molar-refractivity contribution is 7.10. The topological polar surface area (TPSA) is 66.4 Å². The van der Waals surface area contributed by atoms with Crippen LogP contribution in [-0.2, 0) is 17.6 Å². The van der Waals surface area contributed by atoms with Crippen molar-refractivity contribution in [2.45, 2.75) is 77.2 Å². The van der Waals surface area contributed by atoms with Crippen LogP contribution in [0.25, 0.3) is 0 Å². The number of fused-ring (bicyclic) bond motifs is 1. The Balaban J connectivity index is 1.64. The summed E-state index contributed by atoms with van der Waals surface area (Å²) in [5.41, 5.74) is 3.08. The van der Waals surface area contributed by atoms with Crippen LogP contribution in [0.3, 0.4) is 0 Å². The van der Waals surface area contributed by atoms with E-state index in [9.17, 15) is 14.7 Å². The third kappa shape index (κ3) is 5.92. The predicted octanol–water partition coefficient (Wildman–Crippen LogP) is 5.73. The van der Waals surface area contributed by atoms with E-state index in [0.29, 0.717) is 18.6 Å². The zero-order valence-electron chi connectivity index (χ0n) is 17.2. The Morgan fingerprint density at radius 3 is 2.62 bits per heavy atom. The third-order valence-corrected chi connectivity index (χ3v) is 6.84. The molecule has 1 aliphatic rings. The van der Waals surface area contributed by atoms with E-state index in [1.54, 1.807) is 23.5 Å². The van der Waals surface area contributed by atoms with Crippen LogP contribution < -0.4 is 5.32 Å². The van der Waals surface area contributed by atoms with Crippen molar-refractivity contribution in [3.63, 3.8) is 0 Å². The van der Waals surface area contributed by atoms with Gasteiger partial charge >= 0.3 is 0 Å². The molecule has 1 aliphatic carbocycles. The van der Waals surface area contributed by atoms with Crippen LogP contribution in [0, 0.1) is 0 Å². The van der Waals surface area contributed by atoms with Gasteiger partial charge in [-0.2, -0.15) is 0 Å². The molecule has 1 aromatic carbocycles. The van der Waals surface area contributed by atoms with Crippen molar-refractivity contribution < 1.29 is 14.7 Å². The molecular formula is C24H31NO3S. The molecule has 0 aliphatic heterocycles. The van der Waals surface area contributed by atoms with E-state index in [1.165, 1.54) is 16.9 Å². The lowest BCUT2D eigenvalue weighted by Gasteiger charge is -2.20. The van der Waals surface area contributed by atoms with Crippen LogP contribution in [0.5, 0.6) is 5.75 Å². The normalized spacial score (nSPS) is 14.2. The first-order valence-electron chi connectivity index (χ1n) is 10.8. The third-order valence-electron chi connectivity index (χ3n) is 5.75. The van der Waals surface area contributed by atoms with Gasteiger partial charge in [-0.3, -0.25) is 9.59 Å². The average Bonchev–Trinajstić information content (AvgIpc) is 3.17. The molecule has 0 fully saturated rings. The van der Waals surface area contributed by atoms with Crippen molar-refractivity contribution in [2.75, 3.05) is 0 Å². The molecule has 1 aromatic heterocycles. The Bertz CT molecular complexity index is 825. The molecule has 3 rings (SSSR count). The second-order valence-electron chi connectivity index (χ2n) is 7.87. The number of hydrogen-bond donors (Lipinski definition) is 2. The van der Waals surface area contributed by atoms with Crippen molar-refractivity contribution in [3.05, 3.63) is 51.2 Å². The molecule has 5 heteroatoms. The molecule has 1 heterocycles. The second kappa shape index (κ2) is 10.6. The van der Waals surface area contributed by atoms with E-state index in [2.05, 4.69) is 5.32 Å². The Labute approximate surface area is 177 Å². The molecule has 0 bridgehead atoms. The Kier molecular flexibility index (Phi) is 7.87. The van der Waals surface area contributed by atoms with E-state index in [0.717, 1.165) is 56.1 Å². The van der Waals surface area contributed by atoms with Gasteiger partial charge in [0.1, 0.15) is 11.5 Å². The SMILES string of the molecule is CCC(=O)CCCCC[C@H](NC(=O)c1csc2c1CCCC2)c1ccc(O)cc1. The molecule has 0 radical (unpaired) electrons. The zero-order valence-corrected chi connectivity index (χ0v) is 18.0. The zero-order chi connectivity index (χ0) is 20.6. The lowest BCUT2D eigenvalue weighted by molar-refractivity contribution is -0.118.